The van der Waals surface area contributed by atoms with Crippen LogP contribution in [0.2, 0.25) is 0 Å². The molecule has 17 heavy (non-hydrogen) atoms. The summed E-state index contributed by atoms with van der Waals surface area (Å²) in [5.74, 6) is 0.965. The number of rotatable bonds is 4. The second kappa shape index (κ2) is 9.02. The fraction of sp³-hybridized carbons (Fsp3) is 0.571. The molecular weight excluding hydrogens is 212 g/mol. The topological polar surface area (TPSA) is 24.5 Å². The van der Waals surface area contributed by atoms with Gasteiger partial charge in [-0.15, -0.1) is 0 Å². The van der Waals surface area contributed by atoms with E-state index in [4.69, 9.17) is 4.74 Å². The van der Waals surface area contributed by atoms with Gasteiger partial charge in [-0.2, -0.15) is 0 Å². The maximum absolute atomic E-state index is 5.65. The number of piperazine rings is 1. The van der Waals surface area contributed by atoms with Gasteiger partial charge in [-0.05, 0) is 12.1 Å². The van der Waals surface area contributed by atoms with Crippen molar-refractivity contribution in [3.8, 4) is 5.75 Å². The molecule has 1 aliphatic rings. The van der Waals surface area contributed by atoms with Gasteiger partial charge in [0.05, 0.1) is 0 Å². The molecule has 0 radical (unpaired) electrons. The molecule has 3 heteroatoms. The van der Waals surface area contributed by atoms with E-state index in [0.29, 0.717) is 0 Å². The molecule has 0 aliphatic carbocycles. The zero-order valence-electron chi connectivity index (χ0n) is 11.0. The van der Waals surface area contributed by atoms with E-state index in [1.54, 1.807) is 0 Å². The number of benzene rings is 1. The number of para-hydroxylation sites is 1. The predicted molar refractivity (Wildman–Crippen MR) is 72.6 cm³/mol. The van der Waals surface area contributed by atoms with E-state index in [1.807, 2.05) is 44.2 Å². The van der Waals surface area contributed by atoms with Crippen LogP contribution in [0.1, 0.15) is 13.8 Å². The van der Waals surface area contributed by atoms with Crippen molar-refractivity contribution in [3.05, 3.63) is 30.3 Å². The van der Waals surface area contributed by atoms with Crippen molar-refractivity contribution < 1.29 is 4.74 Å². The van der Waals surface area contributed by atoms with Crippen molar-refractivity contribution in [1.29, 1.82) is 0 Å². The van der Waals surface area contributed by atoms with Crippen molar-refractivity contribution in [2.45, 2.75) is 13.8 Å². The van der Waals surface area contributed by atoms with Crippen LogP contribution in [0.5, 0.6) is 5.75 Å². The van der Waals surface area contributed by atoms with Gasteiger partial charge in [0.15, 0.2) is 0 Å². The van der Waals surface area contributed by atoms with Gasteiger partial charge in [0.25, 0.3) is 0 Å². The smallest absolute Gasteiger partial charge is 0.119 e. The van der Waals surface area contributed by atoms with Gasteiger partial charge < -0.3 is 10.1 Å². The molecule has 1 fully saturated rings. The van der Waals surface area contributed by atoms with Crippen LogP contribution >= 0.6 is 0 Å². The van der Waals surface area contributed by atoms with E-state index in [9.17, 15) is 0 Å². The first-order valence-electron chi connectivity index (χ1n) is 6.56. The molecule has 1 aliphatic heterocycles. The van der Waals surface area contributed by atoms with Gasteiger partial charge in [0.1, 0.15) is 12.4 Å². The molecule has 1 aromatic carbocycles. The molecule has 0 amide bonds. The summed E-state index contributed by atoms with van der Waals surface area (Å²) in [5.41, 5.74) is 0. The Bertz CT molecular complexity index is 271. The molecule has 0 bridgehead atoms. The molecule has 1 aromatic rings. The van der Waals surface area contributed by atoms with Crippen LogP contribution in [-0.2, 0) is 0 Å². The lowest BCUT2D eigenvalue weighted by Crippen LogP contribution is -2.44. The number of hydrogen-bond acceptors (Lipinski definition) is 3. The Labute approximate surface area is 105 Å². The van der Waals surface area contributed by atoms with E-state index in [2.05, 4.69) is 10.2 Å². The van der Waals surface area contributed by atoms with Crippen molar-refractivity contribution in [2.75, 3.05) is 39.3 Å². The molecule has 0 atom stereocenters. The van der Waals surface area contributed by atoms with Gasteiger partial charge in [0.2, 0.25) is 0 Å². The average molecular weight is 236 g/mol. The second-order valence-corrected chi connectivity index (χ2v) is 3.75. The highest BCUT2D eigenvalue weighted by Crippen LogP contribution is 2.07. The molecular formula is C14H24N2O. The summed E-state index contributed by atoms with van der Waals surface area (Å²) in [6.07, 6.45) is 0. The molecule has 96 valence electrons. The Morgan fingerprint density at radius 3 is 2.41 bits per heavy atom. The highest BCUT2D eigenvalue weighted by Gasteiger charge is 2.08. The molecule has 0 aromatic heterocycles. The first-order valence-corrected chi connectivity index (χ1v) is 6.56. The van der Waals surface area contributed by atoms with Gasteiger partial charge >= 0.3 is 0 Å². The number of hydrogen-bond donors (Lipinski definition) is 1. The third-order valence-electron chi connectivity index (χ3n) is 2.63. The summed E-state index contributed by atoms with van der Waals surface area (Å²) in [7, 11) is 0. The lowest BCUT2D eigenvalue weighted by Gasteiger charge is -2.26. The maximum atomic E-state index is 5.65. The van der Waals surface area contributed by atoms with E-state index in [-0.39, 0.29) is 0 Å². The van der Waals surface area contributed by atoms with Gasteiger partial charge in [-0.3, -0.25) is 4.90 Å². The minimum atomic E-state index is 0.782. The molecule has 2 rings (SSSR count). The second-order valence-electron chi connectivity index (χ2n) is 3.75. The van der Waals surface area contributed by atoms with Crippen LogP contribution < -0.4 is 10.1 Å². The predicted octanol–water partition coefficient (Wildman–Crippen LogP) is 2.00. The zero-order valence-corrected chi connectivity index (χ0v) is 11.0. The van der Waals surface area contributed by atoms with Crippen LogP contribution in [0, 0.1) is 0 Å². The first kappa shape index (κ1) is 14.0. The first-order chi connectivity index (χ1) is 8.45. The lowest BCUT2D eigenvalue weighted by molar-refractivity contribution is 0.191. The fourth-order valence-corrected chi connectivity index (χ4v) is 1.74. The van der Waals surface area contributed by atoms with Crippen LogP contribution in [-0.4, -0.2) is 44.2 Å². The highest BCUT2D eigenvalue weighted by atomic mass is 16.5. The Hall–Kier alpha value is -1.06. The Morgan fingerprint density at radius 2 is 1.76 bits per heavy atom. The minimum absolute atomic E-state index is 0.782. The minimum Gasteiger partial charge on any atom is -0.492 e. The number of ether oxygens (including phenoxy) is 1. The van der Waals surface area contributed by atoms with Gasteiger partial charge in [-0.25, -0.2) is 0 Å². The van der Waals surface area contributed by atoms with Crippen molar-refractivity contribution in [1.82, 2.24) is 10.2 Å². The normalized spacial score (nSPS) is 15.9. The van der Waals surface area contributed by atoms with Crippen molar-refractivity contribution in [3.63, 3.8) is 0 Å². The zero-order chi connectivity index (χ0) is 12.3. The highest BCUT2D eigenvalue weighted by molar-refractivity contribution is 5.20. The molecule has 3 nitrogen and oxygen atoms in total. The van der Waals surface area contributed by atoms with Crippen molar-refractivity contribution >= 4 is 0 Å². The number of nitrogens with zero attached hydrogens (tertiary/aromatic N) is 1. The Balaban J connectivity index is 0.000000686. The summed E-state index contributed by atoms with van der Waals surface area (Å²) in [6.45, 7) is 10.3. The fourth-order valence-electron chi connectivity index (χ4n) is 1.74. The average Bonchev–Trinajstić information content (AvgIpc) is 2.43. The molecule has 1 N–H and O–H groups in total. The third kappa shape index (κ3) is 5.71. The summed E-state index contributed by atoms with van der Waals surface area (Å²) in [6, 6.07) is 10.00. The Morgan fingerprint density at radius 1 is 1.12 bits per heavy atom. The maximum Gasteiger partial charge on any atom is 0.119 e. The molecule has 0 unspecified atom stereocenters. The van der Waals surface area contributed by atoms with E-state index in [0.717, 1.165) is 45.1 Å². The lowest BCUT2D eigenvalue weighted by atomic mass is 10.3. The molecule has 1 saturated heterocycles. The summed E-state index contributed by atoms with van der Waals surface area (Å²) < 4.78 is 5.65. The third-order valence-corrected chi connectivity index (χ3v) is 2.63. The van der Waals surface area contributed by atoms with Gasteiger partial charge in [0, 0.05) is 32.7 Å². The van der Waals surface area contributed by atoms with E-state index in [1.165, 1.54) is 0 Å². The standard InChI is InChI=1S/C12H18N2O.C2H6/c1-2-4-12(5-3-1)15-11-10-14-8-6-13-7-9-14;1-2/h1-5,13H,6-11H2;1-2H3. The summed E-state index contributed by atoms with van der Waals surface area (Å²) in [4.78, 5) is 2.43. The van der Waals surface area contributed by atoms with Crippen molar-refractivity contribution in [2.24, 2.45) is 0 Å². The van der Waals surface area contributed by atoms with Crippen LogP contribution in [0.3, 0.4) is 0 Å². The SMILES string of the molecule is CC.c1ccc(OCCN2CCNCC2)cc1. The molecule has 0 saturated carbocycles. The largest absolute Gasteiger partial charge is 0.492 e. The molecule has 0 spiro atoms. The quantitative estimate of drug-likeness (QED) is 0.865. The van der Waals surface area contributed by atoms with Gasteiger partial charge in [-0.1, -0.05) is 32.0 Å². The van der Waals surface area contributed by atoms with E-state index >= 15 is 0 Å². The summed E-state index contributed by atoms with van der Waals surface area (Å²) >= 11 is 0. The Kier molecular flexibility index (Phi) is 7.43. The number of nitrogens with one attached hydrogen (secondary N) is 1. The van der Waals surface area contributed by atoms with Crippen LogP contribution in [0.4, 0.5) is 0 Å². The van der Waals surface area contributed by atoms with E-state index < -0.39 is 0 Å². The van der Waals surface area contributed by atoms with Crippen LogP contribution in [0.15, 0.2) is 30.3 Å². The summed E-state index contributed by atoms with van der Waals surface area (Å²) in [5, 5.41) is 3.34. The van der Waals surface area contributed by atoms with Crippen LogP contribution in [0.25, 0.3) is 0 Å². The monoisotopic (exact) mass is 236 g/mol. The molecule has 1 heterocycles.